The number of nitrogens with zero attached hydrogens (tertiary/aromatic N) is 2. The van der Waals surface area contributed by atoms with Gasteiger partial charge in [0.05, 0.1) is 5.48 Å². The molecule has 0 fully saturated rings. The first-order valence-corrected chi connectivity index (χ1v) is 10.3. The van der Waals surface area contributed by atoms with E-state index < -0.39 is 81.4 Å². The van der Waals surface area contributed by atoms with Crippen LogP contribution in [0.25, 0.3) is 22.3 Å². The Balaban J connectivity index is 1.78. The fraction of sp³-hybridized carbons (Fsp3) is 0.379. The van der Waals surface area contributed by atoms with E-state index in [2.05, 4.69) is 0 Å². The summed E-state index contributed by atoms with van der Waals surface area (Å²) in [5, 5.41) is 11.9. The lowest BCUT2D eigenvalue weighted by Gasteiger charge is -2.31. The number of fused-ring (bicyclic) bond motifs is 2. The van der Waals surface area contributed by atoms with Gasteiger partial charge in [0, 0.05) is 65.6 Å². The zero-order valence-corrected chi connectivity index (χ0v) is 18.6. The third kappa shape index (κ3) is 4.04. The van der Waals surface area contributed by atoms with Crippen LogP contribution in [0.5, 0.6) is 17.2 Å². The summed E-state index contributed by atoms with van der Waals surface area (Å²) in [5.74, 6) is -1.55. The minimum absolute atomic E-state index is 0.0914. The highest BCUT2D eigenvalue weighted by molar-refractivity contribution is 5.88. The largest absolute Gasteiger partial charge is 0.507 e. The third-order valence-electron chi connectivity index (χ3n) is 5.47. The number of hydrogen-bond donors (Lipinski definition) is 1. The van der Waals surface area contributed by atoms with Gasteiger partial charge in [0.15, 0.2) is 0 Å². The van der Waals surface area contributed by atoms with Crippen LogP contribution in [0, 0.1) is 20.8 Å². The molecule has 5 nitrogen and oxygen atoms in total. The number of aryl methyl sites for hydroxylation is 3. The summed E-state index contributed by atoms with van der Waals surface area (Å²) in [4.78, 5) is -0.299. The lowest BCUT2D eigenvalue weighted by molar-refractivity contribution is 0.101. The zero-order chi connectivity index (χ0) is 39.7. The Kier molecular flexibility index (Phi) is 2.62. The summed E-state index contributed by atoms with van der Waals surface area (Å²) in [7, 11) is 0. The predicted molar refractivity (Wildman–Crippen MR) is 136 cm³/mol. The molecule has 178 valence electrons. The van der Waals surface area contributed by atoms with Crippen molar-refractivity contribution in [2.75, 3.05) is 26.4 Å². The molecule has 34 heavy (non-hydrogen) atoms. The monoisotopic (exact) mass is 476 g/mol. The van der Waals surface area contributed by atoms with E-state index in [0.29, 0.717) is 16.7 Å². The molecule has 0 atom stereocenters. The van der Waals surface area contributed by atoms with E-state index in [9.17, 15) is 5.11 Å². The van der Waals surface area contributed by atoms with E-state index in [-0.39, 0.29) is 32.1 Å². The highest BCUT2D eigenvalue weighted by Gasteiger charge is 2.26. The predicted octanol–water partition coefficient (Wildman–Crippen LogP) is 6.00. The molecular weight excluding hydrogens is 424 g/mol. The Hall–Kier alpha value is -3.02. The Morgan fingerprint density at radius 1 is 0.765 bits per heavy atom. The van der Waals surface area contributed by atoms with Crippen molar-refractivity contribution in [3.05, 3.63) is 64.2 Å². The second-order valence-corrected chi connectivity index (χ2v) is 8.09. The molecular formula is C29H34N2O3. The van der Waals surface area contributed by atoms with E-state index >= 15 is 0 Å². The molecule has 3 aromatic carbocycles. The quantitative estimate of drug-likeness (QED) is 0.501. The maximum absolute atomic E-state index is 11.9. The first-order chi connectivity index (χ1) is 23.2. The van der Waals surface area contributed by atoms with Crippen molar-refractivity contribution in [3.63, 3.8) is 0 Å². The average molecular weight is 477 g/mol. The van der Waals surface area contributed by atoms with E-state index in [0.717, 1.165) is 0 Å². The molecule has 3 aromatic rings. The average Bonchev–Trinajstić information content (AvgIpc) is 2.92. The van der Waals surface area contributed by atoms with Crippen molar-refractivity contribution in [3.8, 4) is 39.5 Å². The fourth-order valence-corrected chi connectivity index (χ4v) is 4.09. The van der Waals surface area contributed by atoms with Gasteiger partial charge in [-0.05, 0) is 74.7 Å². The maximum Gasteiger partial charge on any atom is 0.142 e. The van der Waals surface area contributed by atoms with Gasteiger partial charge in [-0.15, -0.1) is 0 Å². The summed E-state index contributed by atoms with van der Waals surface area (Å²) < 4.78 is 160. The van der Waals surface area contributed by atoms with Crippen LogP contribution < -0.4 is 9.47 Å². The first-order valence-electron chi connectivity index (χ1n) is 19.3. The van der Waals surface area contributed by atoms with E-state index in [4.69, 9.17) is 34.1 Å². The zero-order valence-electron chi connectivity index (χ0n) is 36.6. The molecule has 0 saturated carbocycles. The summed E-state index contributed by atoms with van der Waals surface area (Å²) >= 11 is 0. The van der Waals surface area contributed by atoms with Gasteiger partial charge in [0.1, 0.15) is 30.6 Å². The topological polar surface area (TPSA) is 45.2 Å². The van der Waals surface area contributed by atoms with Gasteiger partial charge in [0.25, 0.3) is 0 Å². The van der Waals surface area contributed by atoms with Gasteiger partial charge >= 0.3 is 0 Å². The van der Waals surface area contributed by atoms with Gasteiger partial charge in [-0.1, -0.05) is 25.8 Å². The van der Waals surface area contributed by atoms with Gasteiger partial charge < -0.3 is 14.6 Å². The Morgan fingerprint density at radius 2 is 1.18 bits per heavy atom. The van der Waals surface area contributed by atoms with E-state index in [1.54, 1.807) is 6.92 Å². The number of hydrogen-bond acceptors (Lipinski definition) is 5. The van der Waals surface area contributed by atoms with Gasteiger partial charge in [0.2, 0.25) is 0 Å². The molecule has 5 rings (SSSR count). The van der Waals surface area contributed by atoms with Crippen molar-refractivity contribution in [2.45, 2.75) is 47.5 Å². The lowest BCUT2D eigenvalue weighted by Crippen LogP contribution is -2.32. The maximum atomic E-state index is 11.9. The van der Waals surface area contributed by atoms with Crippen molar-refractivity contribution in [1.29, 1.82) is 0 Å². The lowest BCUT2D eigenvalue weighted by atomic mass is 9.90. The third-order valence-corrected chi connectivity index (χ3v) is 5.47. The van der Waals surface area contributed by atoms with Crippen LogP contribution in [0.15, 0.2) is 36.4 Å². The number of ether oxygens (including phenoxy) is 2. The molecule has 0 spiro atoms. The van der Waals surface area contributed by atoms with Gasteiger partial charge in [-0.25, -0.2) is 0 Å². The second kappa shape index (κ2) is 8.97. The van der Waals surface area contributed by atoms with Crippen molar-refractivity contribution in [1.82, 2.24) is 9.80 Å². The highest BCUT2D eigenvalue weighted by Crippen LogP contribution is 2.48. The molecule has 1 N–H and O–H groups in total. The molecule has 0 unspecified atom stereocenters. The normalized spacial score (nSPS) is 31.3. The van der Waals surface area contributed by atoms with Crippen molar-refractivity contribution < 1.29 is 39.3 Å². The Bertz CT molecular complexity index is 1820. The molecule has 5 heteroatoms. The number of rotatable bonds is 4. The van der Waals surface area contributed by atoms with Crippen LogP contribution in [-0.2, 0) is 13.0 Å². The summed E-state index contributed by atoms with van der Waals surface area (Å²) in [6.45, 7) is -22.6. The van der Waals surface area contributed by atoms with E-state index in [1.807, 2.05) is 0 Å². The number of benzene rings is 3. The number of phenolic OH excluding ortho intramolecular Hbond substituents is 1. The van der Waals surface area contributed by atoms with Crippen LogP contribution >= 0.6 is 0 Å². The molecule has 2 heterocycles. The molecule has 0 radical (unpaired) electrons. The molecule has 0 amide bonds. The van der Waals surface area contributed by atoms with Crippen LogP contribution in [0.2, 0.25) is 0 Å². The van der Waals surface area contributed by atoms with Gasteiger partial charge in [-0.3, -0.25) is 9.80 Å². The Labute approximate surface area is 227 Å². The van der Waals surface area contributed by atoms with Crippen LogP contribution in [0.4, 0.5) is 0 Å². The second-order valence-electron chi connectivity index (χ2n) is 8.09. The smallest absolute Gasteiger partial charge is 0.142 e. The number of aromatic hydroxyl groups is 1. The Morgan fingerprint density at radius 3 is 1.62 bits per heavy atom. The number of phenols is 1. The highest BCUT2D eigenvalue weighted by atomic mass is 16.5. The summed E-state index contributed by atoms with van der Waals surface area (Å²) in [6.07, 6.45) is 0. The fourth-order valence-electron chi connectivity index (χ4n) is 4.09. The van der Waals surface area contributed by atoms with Crippen molar-refractivity contribution >= 4 is 0 Å². The summed E-state index contributed by atoms with van der Waals surface area (Å²) in [6, 6.07) is 8.17. The van der Waals surface area contributed by atoms with E-state index in [1.165, 1.54) is 50.2 Å². The van der Waals surface area contributed by atoms with Gasteiger partial charge in [-0.2, -0.15) is 0 Å². The van der Waals surface area contributed by atoms with Crippen LogP contribution in [0.1, 0.15) is 66.2 Å². The molecule has 0 bridgehead atoms. The SMILES string of the molecule is [2H]C1([2H])Oc2c(-c3cc(C)cc(-c4cc(C)cc5c4OC([2H])([2H])N(C([2H])([2H])C([2H])([2H])[2H])C5([2H])[2H])c3O)cc(C)cc2C([2H])([2H])N1C([2H])([2H])C([2H])([2H])[2H]. The molecule has 2 aliphatic heterocycles. The summed E-state index contributed by atoms with van der Waals surface area (Å²) in [5.41, 5.74) is -0.211. The molecule has 2 aliphatic rings. The first kappa shape index (κ1) is 9.92. The molecule has 0 aromatic heterocycles. The van der Waals surface area contributed by atoms with Crippen LogP contribution in [0.3, 0.4) is 0 Å². The minimum atomic E-state index is -3.57. The molecule has 0 aliphatic carbocycles. The minimum Gasteiger partial charge on any atom is -0.507 e. The van der Waals surface area contributed by atoms with Crippen molar-refractivity contribution in [2.24, 2.45) is 0 Å². The standard InChI is InChI=1S/C29H34N2O3/c1-6-30-14-21-8-18(3)12-25(28(21)33-16-30)23-10-20(5)11-24(27(23)32)26-13-19(4)9-22-15-31(7-2)17-34-29(22)26/h8-13,32H,6-7,14-17H2,1-5H3/i1D3,2D3,6D2,7D2,14D2,15D2,16D2,17D2. The molecule has 0 saturated heterocycles. The van der Waals surface area contributed by atoms with Crippen LogP contribution in [-0.4, -0.2) is 41.3 Å².